The molecule has 2 N–H and O–H groups in total. The minimum atomic E-state index is -0.502. The molecule has 0 aromatic heterocycles. The first-order valence-corrected chi connectivity index (χ1v) is 20.8. The molecule has 7 aromatic carbocycles. The molecule has 0 fully saturated rings. The number of phenolic OH excluding ortho intramolecular Hbond substituents is 2. The average molecular weight is 863 g/mol. The molecule has 0 unspecified atom stereocenters. The van der Waals surface area contributed by atoms with Crippen LogP contribution in [0.1, 0.15) is 111 Å². The molecule has 0 atom stereocenters. The largest absolute Gasteiger partial charge is 0.507 e. The molecule has 319 valence electrons. The normalized spacial score (nSPS) is 12.3. The molecule has 0 aliphatic carbocycles. The first-order valence-electron chi connectivity index (χ1n) is 20.8. The summed E-state index contributed by atoms with van der Waals surface area (Å²) >= 11 is 0. The summed E-state index contributed by atoms with van der Waals surface area (Å²) < 4.78 is 0. The monoisotopic (exact) mass is 862 g/mol. The summed E-state index contributed by atoms with van der Waals surface area (Å²) in [5, 5.41) is 24.2. The van der Waals surface area contributed by atoms with Crippen LogP contribution in [-0.2, 0) is 38.4 Å². The van der Waals surface area contributed by atoms with Gasteiger partial charge in [-0.2, -0.15) is 0 Å². The molecule has 7 rings (SSSR count). The van der Waals surface area contributed by atoms with E-state index in [0.29, 0.717) is 22.5 Å². The van der Waals surface area contributed by atoms with E-state index in [4.69, 9.17) is 9.98 Å². The van der Waals surface area contributed by atoms with Crippen LogP contribution in [-0.4, -0.2) is 22.6 Å². The first-order chi connectivity index (χ1) is 28.6. The van der Waals surface area contributed by atoms with Crippen LogP contribution in [0.4, 0.5) is 11.4 Å². The van der Waals surface area contributed by atoms with E-state index >= 15 is 0 Å². The molecule has 0 aliphatic rings. The van der Waals surface area contributed by atoms with Crippen LogP contribution in [0.3, 0.4) is 0 Å². The summed E-state index contributed by atoms with van der Waals surface area (Å²) in [5.74, 6) is 0.384. The van der Waals surface area contributed by atoms with Gasteiger partial charge >= 0.3 is 0 Å². The Morgan fingerprint density at radius 3 is 0.903 bits per heavy atom. The molecule has 0 heterocycles. The van der Waals surface area contributed by atoms with E-state index in [1.165, 1.54) is 11.1 Å². The van der Waals surface area contributed by atoms with Crippen molar-refractivity contribution in [1.29, 1.82) is 0 Å². The Hall–Kier alpha value is -6.01. The molecule has 1 radical (unpaired) electrons. The molecule has 7 aromatic rings. The van der Waals surface area contributed by atoms with Crippen molar-refractivity contribution in [2.24, 2.45) is 9.98 Å². The number of aromatic hydroxyl groups is 2. The maximum Gasteiger partial charge on any atom is 0.128 e. The van der Waals surface area contributed by atoms with Crippen LogP contribution in [0, 0.1) is 7.43 Å². The maximum absolute atomic E-state index is 12.1. The zero-order chi connectivity index (χ0) is 42.7. The van der Waals surface area contributed by atoms with E-state index < -0.39 is 10.8 Å². The minimum Gasteiger partial charge on any atom is -0.507 e. The molecule has 0 saturated carbocycles. The number of nitrogens with zero attached hydrogens (tertiary/aromatic N) is 2. The summed E-state index contributed by atoms with van der Waals surface area (Å²) in [6.45, 7) is 17.5. The second-order valence-electron chi connectivity index (χ2n) is 17.9. The average Bonchev–Trinajstić information content (AvgIpc) is 3.27. The van der Waals surface area contributed by atoms with Crippen LogP contribution in [0.25, 0.3) is 0 Å². The quantitative estimate of drug-likeness (QED) is 0.0949. The summed E-state index contributed by atoms with van der Waals surface area (Å²) in [6.07, 6.45) is 3.50. The fraction of sp³-hybridized carbons (Fsp3) is 0.211. The van der Waals surface area contributed by atoms with Gasteiger partial charge in [0.05, 0.1) is 11.4 Å². The second kappa shape index (κ2) is 18.9. The molecule has 0 saturated heterocycles. The number of hydrogen-bond acceptors (Lipinski definition) is 4. The number of aliphatic imine (C=N–C) groups is 2. The van der Waals surface area contributed by atoms with Gasteiger partial charge in [-0.3, -0.25) is 9.98 Å². The standard InChI is InChI=1S/C56H56N2O2.CH3.Co/c1-53(2,41-23-13-9-14-24-41)45-33-39(51(59)47(35-45)55(5,6)43-27-17-11-18-28-43)37-57-49-31-21-22-32-50(49)58-38-40-34-46(54(3,4)42-25-15-10-16-26-42)36-48(52(40)60)56(7,8)44-29-19-12-20-30-44;;/h9-38,59-60H,1-8H3;1H3;/q;-1;. The van der Waals surface area contributed by atoms with Gasteiger partial charge in [-0.05, 0) is 57.6 Å². The molecule has 4 nitrogen and oxygen atoms in total. The third-order valence-corrected chi connectivity index (χ3v) is 12.6. The molecular weight excluding hydrogens is 804 g/mol. The van der Waals surface area contributed by atoms with Crippen LogP contribution in [0.15, 0.2) is 180 Å². The SMILES string of the molecule is CC(C)(c1ccccc1)c1cc(C=Nc2ccccc2N=Cc2cc(C(C)(C)c3ccccc3)cc(C(C)(C)c3ccccc3)c2O)c(O)c(C(C)(C)c2ccccc2)c1.[CH3-].[Co]. The zero-order valence-corrected chi connectivity index (χ0v) is 38.5. The van der Waals surface area contributed by atoms with Gasteiger partial charge < -0.3 is 17.6 Å². The molecule has 62 heavy (non-hydrogen) atoms. The molecule has 0 amide bonds. The molecular formula is C57H59CoN2O2-. The van der Waals surface area contributed by atoms with Gasteiger partial charge in [0, 0.05) is 73.1 Å². The second-order valence-corrected chi connectivity index (χ2v) is 17.9. The van der Waals surface area contributed by atoms with Crippen LogP contribution >= 0.6 is 0 Å². The van der Waals surface area contributed by atoms with Crippen molar-refractivity contribution >= 4 is 23.8 Å². The Morgan fingerprint density at radius 1 is 0.355 bits per heavy atom. The van der Waals surface area contributed by atoms with Gasteiger partial charge in [0.2, 0.25) is 0 Å². The topological polar surface area (TPSA) is 65.2 Å². The molecule has 5 heteroatoms. The van der Waals surface area contributed by atoms with Gasteiger partial charge in [-0.15, -0.1) is 0 Å². The Labute approximate surface area is 380 Å². The third-order valence-electron chi connectivity index (χ3n) is 12.6. The van der Waals surface area contributed by atoms with E-state index in [1.807, 2.05) is 72.8 Å². The van der Waals surface area contributed by atoms with Crippen molar-refractivity contribution in [3.8, 4) is 11.5 Å². The van der Waals surface area contributed by atoms with Crippen molar-refractivity contribution in [2.45, 2.75) is 77.0 Å². The van der Waals surface area contributed by atoms with Crippen molar-refractivity contribution in [3.63, 3.8) is 0 Å². The van der Waals surface area contributed by atoms with Gasteiger partial charge in [0.25, 0.3) is 0 Å². The van der Waals surface area contributed by atoms with E-state index in [0.717, 1.165) is 33.4 Å². The van der Waals surface area contributed by atoms with Crippen LogP contribution < -0.4 is 0 Å². The number of hydrogen-bond donors (Lipinski definition) is 2. The Morgan fingerprint density at radius 2 is 0.613 bits per heavy atom. The smallest absolute Gasteiger partial charge is 0.128 e. The first kappa shape index (κ1) is 47.0. The van der Waals surface area contributed by atoms with E-state index in [9.17, 15) is 10.2 Å². The Balaban J connectivity index is 0.00000363. The van der Waals surface area contributed by atoms with Crippen LogP contribution in [0.2, 0.25) is 0 Å². The van der Waals surface area contributed by atoms with Gasteiger partial charge in [0.1, 0.15) is 11.5 Å². The number of rotatable bonds is 12. The summed E-state index contributed by atoms with van der Waals surface area (Å²) in [5.41, 5.74) is 9.14. The Kier molecular flexibility index (Phi) is 14.4. The van der Waals surface area contributed by atoms with Crippen molar-refractivity contribution in [2.75, 3.05) is 0 Å². The summed E-state index contributed by atoms with van der Waals surface area (Å²) in [7, 11) is 0. The van der Waals surface area contributed by atoms with Crippen molar-refractivity contribution < 1.29 is 27.0 Å². The zero-order valence-electron chi connectivity index (χ0n) is 37.4. The van der Waals surface area contributed by atoms with E-state index in [2.05, 4.69) is 152 Å². The van der Waals surface area contributed by atoms with Crippen molar-refractivity contribution in [3.05, 3.63) is 233 Å². The van der Waals surface area contributed by atoms with Gasteiger partial charge in [0.15, 0.2) is 0 Å². The van der Waals surface area contributed by atoms with Gasteiger partial charge in [-0.25, -0.2) is 0 Å². The maximum atomic E-state index is 12.1. The fourth-order valence-electron chi connectivity index (χ4n) is 8.21. The molecule has 0 spiro atoms. The van der Waals surface area contributed by atoms with Gasteiger partial charge in [-0.1, -0.05) is 201 Å². The number of phenols is 2. The van der Waals surface area contributed by atoms with E-state index in [-0.39, 0.29) is 46.5 Å². The Bertz CT molecular complexity index is 2460. The molecule has 0 bridgehead atoms. The van der Waals surface area contributed by atoms with E-state index in [1.54, 1.807) is 12.4 Å². The number of benzene rings is 7. The predicted octanol–water partition coefficient (Wildman–Crippen LogP) is 14.4. The van der Waals surface area contributed by atoms with Crippen LogP contribution in [0.5, 0.6) is 11.5 Å². The summed E-state index contributed by atoms with van der Waals surface area (Å²) in [4.78, 5) is 9.99. The number of para-hydroxylation sites is 2. The fourth-order valence-corrected chi connectivity index (χ4v) is 8.21. The minimum absolute atomic E-state index is 0. The molecule has 0 aliphatic heterocycles. The predicted molar refractivity (Wildman–Crippen MR) is 258 cm³/mol. The third kappa shape index (κ3) is 9.40. The van der Waals surface area contributed by atoms with Crippen molar-refractivity contribution in [1.82, 2.24) is 0 Å². The summed E-state index contributed by atoms with van der Waals surface area (Å²) in [6, 6.07) is 57.7.